The third kappa shape index (κ3) is 3.17. The second-order valence-corrected chi connectivity index (χ2v) is 7.70. The molecule has 28 heavy (non-hydrogen) atoms. The number of aromatic nitrogens is 1. The van der Waals surface area contributed by atoms with E-state index in [1.807, 2.05) is 47.5 Å². The molecule has 0 amide bonds. The van der Waals surface area contributed by atoms with Gasteiger partial charge in [0.1, 0.15) is 11.9 Å². The summed E-state index contributed by atoms with van der Waals surface area (Å²) < 4.78 is 13.5. The zero-order valence-electron chi connectivity index (χ0n) is 15.4. The Balaban J connectivity index is 1.60. The molecule has 4 nitrogen and oxygen atoms in total. The van der Waals surface area contributed by atoms with Crippen LogP contribution in [0.1, 0.15) is 24.1 Å². The van der Waals surface area contributed by atoms with Gasteiger partial charge in [0.2, 0.25) is 0 Å². The molecule has 1 aromatic heterocycles. The molecule has 4 rings (SSSR count). The summed E-state index contributed by atoms with van der Waals surface area (Å²) in [5.74, 6) is -0.360. The fourth-order valence-electron chi connectivity index (χ4n) is 3.81. The van der Waals surface area contributed by atoms with Gasteiger partial charge in [-0.25, -0.2) is 9.37 Å². The lowest BCUT2D eigenvalue weighted by molar-refractivity contribution is 0.187. The maximum Gasteiger partial charge on any atom is 0.186 e. The minimum absolute atomic E-state index is 0.0461. The zero-order valence-corrected chi connectivity index (χ0v) is 16.2. The fourth-order valence-corrected chi connectivity index (χ4v) is 4.82. The van der Waals surface area contributed by atoms with Crippen LogP contribution < -0.4 is 4.90 Å². The second kappa shape index (κ2) is 7.70. The molecule has 0 unspecified atom stereocenters. The third-order valence-electron chi connectivity index (χ3n) is 5.31. The van der Waals surface area contributed by atoms with Crippen molar-refractivity contribution in [2.24, 2.45) is 0 Å². The maximum absolute atomic E-state index is 13.5. The topological polar surface area (TPSA) is 60.2 Å². The number of nitrogens with zero attached hydrogens (tertiary/aromatic N) is 3. The van der Waals surface area contributed by atoms with E-state index in [4.69, 9.17) is 0 Å². The van der Waals surface area contributed by atoms with E-state index in [0.29, 0.717) is 0 Å². The minimum atomic E-state index is -0.368. The summed E-state index contributed by atoms with van der Waals surface area (Å²) in [7, 11) is 0. The van der Waals surface area contributed by atoms with Crippen LogP contribution in [0.15, 0.2) is 53.9 Å². The Labute approximate surface area is 167 Å². The normalized spacial score (nSPS) is 21.2. The van der Waals surface area contributed by atoms with Crippen molar-refractivity contribution < 1.29 is 9.50 Å². The smallest absolute Gasteiger partial charge is 0.186 e. The first-order valence-corrected chi connectivity index (χ1v) is 10.1. The van der Waals surface area contributed by atoms with Gasteiger partial charge in [0.15, 0.2) is 5.13 Å². The van der Waals surface area contributed by atoms with E-state index >= 15 is 0 Å². The van der Waals surface area contributed by atoms with Crippen molar-refractivity contribution in [3.05, 3.63) is 71.0 Å². The Kier molecular flexibility index (Phi) is 5.12. The molecule has 1 aliphatic rings. The Morgan fingerprint density at radius 3 is 2.61 bits per heavy atom. The van der Waals surface area contributed by atoms with Gasteiger partial charge in [0.05, 0.1) is 24.4 Å². The summed E-state index contributed by atoms with van der Waals surface area (Å²) in [6.07, 6.45) is 0.844. The number of hydrogen-bond acceptors (Lipinski definition) is 5. The first-order chi connectivity index (χ1) is 13.7. The average molecular weight is 393 g/mol. The molecule has 0 saturated carbocycles. The lowest BCUT2D eigenvalue weighted by Crippen LogP contribution is -2.63. The quantitative estimate of drug-likeness (QED) is 0.699. The van der Waals surface area contributed by atoms with Crippen molar-refractivity contribution in [2.75, 3.05) is 11.5 Å². The molecule has 0 spiro atoms. The number of halogens is 1. The van der Waals surface area contributed by atoms with Crippen molar-refractivity contribution >= 4 is 16.5 Å². The number of nitriles is 1. The molecule has 3 atom stereocenters. The molecule has 0 radical (unpaired) electrons. The number of aliphatic hydroxyl groups excluding tert-OH is 1. The van der Waals surface area contributed by atoms with Crippen molar-refractivity contribution in [3.8, 4) is 17.2 Å². The molecule has 1 fully saturated rings. The molecule has 142 valence electrons. The Hall–Kier alpha value is -2.75. The summed E-state index contributed by atoms with van der Waals surface area (Å²) in [5, 5.41) is 22.5. The third-order valence-corrected chi connectivity index (χ3v) is 6.21. The standard InChI is InChI=1S/C22H20FN3OS/c1-2-18-13-28-22(25-18)26-19(11-24)21(20(26)12-27)15-8-6-14(7-9-15)16-4-3-5-17(23)10-16/h3-10,13,19-21,27H,2,12H2,1H3/t19-,20-,21+/m1/s1. The van der Waals surface area contributed by atoms with E-state index in [-0.39, 0.29) is 30.4 Å². The van der Waals surface area contributed by atoms with Gasteiger partial charge in [0, 0.05) is 11.3 Å². The summed E-state index contributed by atoms with van der Waals surface area (Å²) in [5.41, 5.74) is 3.72. The van der Waals surface area contributed by atoms with Crippen LogP contribution in [-0.4, -0.2) is 28.8 Å². The van der Waals surface area contributed by atoms with E-state index in [9.17, 15) is 14.8 Å². The average Bonchev–Trinajstić information content (AvgIpc) is 3.17. The SMILES string of the molecule is CCc1csc(N2[C@H](C#N)[C@H](c3ccc(-c4cccc(F)c4)cc3)[C@H]2CO)n1. The minimum Gasteiger partial charge on any atom is -0.394 e. The Morgan fingerprint density at radius 2 is 2.00 bits per heavy atom. The maximum atomic E-state index is 13.5. The Morgan fingerprint density at radius 1 is 1.21 bits per heavy atom. The van der Waals surface area contributed by atoms with E-state index in [1.165, 1.54) is 23.5 Å². The molecule has 2 heterocycles. The van der Waals surface area contributed by atoms with Gasteiger partial charge in [-0.1, -0.05) is 43.3 Å². The van der Waals surface area contributed by atoms with Crippen molar-refractivity contribution in [2.45, 2.75) is 31.3 Å². The van der Waals surface area contributed by atoms with E-state index in [0.717, 1.165) is 33.9 Å². The number of anilines is 1. The molecule has 3 aromatic rings. The molecule has 0 aliphatic carbocycles. The first kappa shape index (κ1) is 18.6. The van der Waals surface area contributed by atoms with Gasteiger partial charge in [0.25, 0.3) is 0 Å². The molecule has 1 N–H and O–H groups in total. The molecule has 1 saturated heterocycles. The van der Waals surface area contributed by atoms with E-state index in [2.05, 4.69) is 11.1 Å². The fraction of sp³-hybridized carbons (Fsp3) is 0.273. The van der Waals surface area contributed by atoms with Gasteiger partial charge in [-0.15, -0.1) is 11.3 Å². The van der Waals surface area contributed by atoms with Crippen LogP contribution in [0.2, 0.25) is 0 Å². The van der Waals surface area contributed by atoms with Crippen LogP contribution in [-0.2, 0) is 6.42 Å². The largest absolute Gasteiger partial charge is 0.394 e. The number of aliphatic hydroxyl groups is 1. The van der Waals surface area contributed by atoms with Crippen molar-refractivity contribution in [1.82, 2.24) is 4.98 Å². The number of thiazole rings is 1. The summed E-state index contributed by atoms with van der Waals surface area (Å²) in [6.45, 7) is 2.00. The molecule has 2 aromatic carbocycles. The van der Waals surface area contributed by atoms with Crippen LogP contribution >= 0.6 is 11.3 Å². The lowest BCUT2D eigenvalue weighted by atomic mass is 9.76. The van der Waals surface area contributed by atoms with Gasteiger partial charge in [-0.3, -0.25) is 0 Å². The van der Waals surface area contributed by atoms with Crippen LogP contribution in [0.25, 0.3) is 11.1 Å². The number of aryl methyl sites for hydroxylation is 1. The lowest BCUT2D eigenvalue weighted by Gasteiger charge is -2.51. The molecule has 6 heteroatoms. The van der Waals surface area contributed by atoms with E-state index < -0.39 is 0 Å². The highest BCUT2D eigenvalue weighted by molar-refractivity contribution is 7.13. The monoisotopic (exact) mass is 393 g/mol. The van der Waals surface area contributed by atoms with Crippen molar-refractivity contribution in [3.63, 3.8) is 0 Å². The van der Waals surface area contributed by atoms with Crippen LogP contribution in [0.5, 0.6) is 0 Å². The van der Waals surface area contributed by atoms with Gasteiger partial charge >= 0.3 is 0 Å². The van der Waals surface area contributed by atoms with Crippen LogP contribution in [0, 0.1) is 17.1 Å². The summed E-state index contributed by atoms with van der Waals surface area (Å²) in [6, 6.07) is 16.1. The highest BCUT2D eigenvalue weighted by Crippen LogP contribution is 2.44. The summed E-state index contributed by atoms with van der Waals surface area (Å²) in [4.78, 5) is 6.51. The number of benzene rings is 2. The molecule has 0 bridgehead atoms. The molecule has 1 aliphatic heterocycles. The van der Waals surface area contributed by atoms with Crippen molar-refractivity contribution in [1.29, 1.82) is 5.26 Å². The van der Waals surface area contributed by atoms with Gasteiger partial charge in [-0.2, -0.15) is 5.26 Å². The second-order valence-electron chi connectivity index (χ2n) is 6.86. The summed E-state index contributed by atoms with van der Waals surface area (Å²) >= 11 is 1.51. The first-order valence-electron chi connectivity index (χ1n) is 9.25. The number of rotatable bonds is 5. The predicted molar refractivity (Wildman–Crippen MR) is 109 cm³/mol. The van der Waals surface area contributed by atoms with Crippen LogP contribution in [0.4, 0.5) is 9.52 Å². The molecular weight excluding hydrogens is 373 g/mol. The molecular formula is C22H20FN3OS. The highest BCUT2D eigenvalue weighted by atomic mass is 32.1. The highest BCUT2D eigenvalue weighted by Gasteiger charge is 2.50. The van der Waals surface area contributed by atoms with Gasteiger partial charge < -0.3 is 10.0 Å². The predicted octanol–water partition coefficient (Wildman–Crippen LogP) is 4.37. The van der Waals surface area contributed by atoms with E-state index in [1.54, 1.807) is 6.07 Å². The number of hydrogen-bond donors (Lipinski definition) is 1. The zero-order chi connectivity index (χ0) is 19.7. The van der Waals surface area contributed by atoms with Gasteiger partial charge in [-0.05, 0) is 35.2 Å². The Bertz CT molecular complexity index is 1010. The van der Waals surface area contributed by atoms with Crippen LogP contribution in [0.3, 0.4) is 0 Å².